The third kappa shape index (κ3) is 4.40. The van der Waals surface area contributed by atoms with Gasteiger partial charge in [0.25, 0.3) is 0 Å². The Bertz CT molecular complexity index is 346. The molecule has 2 heterocycles. The van der Waals surface area contributed by atoms with Crippen molar-refractivity contribution in [1.29, 1.82) is 0 Å². The molecule has 0 spiro atoms. The highest BCUT2D eigenvalue weighted by Gasteiger charge is 2.13. The maximum absolute atomic E-state index is 5.35. The van der Waals surface area contributed by atoms with Crippen molar-refractivity contribution in [2.45, 2.75) is 26.9 Å². The Balaban J connectivity index is 1.74. The minimum Gasteiger partial charge on any atom is -0.379 e. The van der Waals surface area contributed by atoms with Gasteiger partial charge in [-0.05, 0) is 12.5 Å². The van der Waals surface area contributed by atoms with Crippen LogP contribution in [-0.4, -0.2) is 42.9 Å². The van der Waals surface area contributed by atoms with E-state index in [0.29, 0.717) is 5.92 Å². The van der Waals surface area contributed by atoms with E-state index in [4.69, 9.17) is 9.26 Å². The van der Waals surface area contributed by atoms with Crippen molar-refractivity contribution >= 4 is 0 Å². The summed E-state index contributed by atoms with van der Waals surface area (Å²) in [5.74, 6) is 1.60. The van der Waals surface area contributed by atoms with Crippen LogP contribution in [-0.2, 0) is 17.8 Å². The second kappa shape index (κ2) is 6.87. The van der Waals surface area contributed by atoms with Gasteiger partial charge in [-0.3, -0.25) is 4.90 Å². The monoisotopic (exact) mass is 253 g/mol. The Labute approximate surface area is 108 Å². The zero-order chi connectivity index (χ0) is 12.8. The predicted molar refractivity (Wildman–Crippen MR) is 69.1 cm³/mol. The van der Waals surface area contributed by atoms with Crippen molar-refractivity contribution in [3.8, 4) is 0 Å². The standard InChI is InChI=1S/C13H23N3O2/c1-11(2)8-14-9-12-7-13(18-15-12)10-16-3-5-17-6-4-16/h7,11,14H,3-6,8-10H2,1-2H3. The second-order valence-electron chi connectivity index (χ2n) is 5.20. The number of morpholine rings is 1. The van der Waals surface area contributed by atoms with Gasteiger partial charge < -0.3 is 14.6 Å². The molecule has 1 aliphatic heterocycles. The lowest BCUT2D eigenvalue weighted by Gasteiger charge is -2.25. The van der Waals surface area contributed by atoms with Crippen LogP contribution < -0.4 is 5.32 Å². The molecule has 0 bridgehead atoms. The van der Waals surface area contributed by atoms with Crippen LogP contribution in [0.2, 0.25) is 0 Å². The van der Waals surface area contributed by atoms with Gasteiger partial charge in [0.1, 0.15) is 0 Å². The average molecular weight is 253 g/mol. The molecular formula is C13H23N3O2. The van der Waals surface area contributed by atoms with Gasteiger partial charge in [0.05, 0.1) is 25.5 Å². The first-order chi connectivity index (χ1) is 8.74. The Hall–Kier alpha value is -0.910. The number of hydrogen-bond acceptors (Lipinski definition) is 5. The normalized spacial score (nSPS) is 17.5. The Morgan fingerprint density at radius 2 is 2.17 bits per heavy atom. The summed E-state index contributed by atoms with van der Waals surface area (Å²) in [6.45, 7) is 10.6. The van der Waals surface area contributed by atoms with Crippen LogP contribution in [0.25, 0.3) is 0 Å². The minimum absolute atomic E-state index is 0.657. The molecule has 1 fully saturated rings. The maximum Gasteiger partial charge on any atom is 0.151 e. The van der Waals surface area contributed by atoms with Crippen molar-refractivity contribution in [2.75, 3.05) is 32.8 Å². The zero-order valence-corrected chi connectivity index (χ0v) is 11.3. The number of rotatable bonds is 6. The van der Waals surface area contributed by atoms with E-state index < -0.39 is 0 Å². The van der Waals surface area contributed by atoms with E-state index in [-0.39, 0.29) is 0 Å². The Morgan fingerprint density at radius 3 is 2.89 bits per heavy atom. The molecule has 102 valence electrons. The number of hydrogen-bond donors (Lipinski definition) is 1. The van der Waals surface area contributed by atoms with E-state index in [0.717, 1.165) is 57.4 Å². The molecular weight excluding hydrogens is 230 g/mol. The van der Waals surface area contributed by atoms with Crippen LogP contribution in [0.4, 0.5) is 0 Å². The third-order valence-electron chi connectivity index (χ3n) is 2.95. The molecule has 0 aliphatic carbocycles. The lowest BCUT2D eigenvalue weighted by molar-refractivity contribution is 0.0305. The molecule has 1 saturated heterocycles. The van der Waals surface area contributed by atoms with Gasteiger partial charge in [-0.25, -0.2) is 0 Å². The van der Waals surface area contributed by atoms with Crippen LogP contribution >= 0.6 is 0 Å². The summed E-state index contributed by atoms with van der Waals surface area (Å²) >= 11 is 0. The van der Waals surface area contributed by atoms with Gasteiger partial charge in [0.2, 0.25) is 0 Å². The summed E-state index contributed by atoms with van der Waals surface area (Å²) in [6, 6.07) is 2.04. The largest absolute Gasteiger partial charge is 0.379 e. The fraction of sp³-hybridized carbons (Fsp3) is 0.769. The number of aromatic nitrogens is 1. The van der Waals surface area contributed by atoms with Crippen LogP contribution in [0, 0.1) is 5.92 Å². The second-order valence-corrected chi connectivity index (χ2v) is 5.20. The van der Waals surface area contributed by atoms with E-state index in [1.54, 1.807) is 0 Å². The SMILES string of the molecule is CC(C)CNCc1cc(CN2CCOCC2)on1. The summed E-state index contributed by atoms with van der Waals surface area (Å²) in [5, 5.41) is 7.45. The van der Waals surface area contributed by atoms with E-state index in [1.807, 2.05) is 6.07 Å². The highest BCUT2D eigenvalue weighted by atomic mass is 16.5. The zero-order valence-electron chi connectivity index (χ0n) is 11.3. The van der Waals surface area contributed by atoms with E-state index in [9.17, 15) is 0 Å². The van der Waals surface area contributed by atoms with Crippen molar-refractivity contribution in [3.63, 3.8) is 0 Å². The molecule has 5 nitrogen and oxygen atoms in total. The van der Waals surface area contributed by atoms with Gasteiger partial charge in [-0.1, -0.05) is 19.0 Å². The van der Waals surface area contributed by atoms with Gasteiger partial charge in [-0.15, -0.1) is 0 Å². The van der Waals surface area contributed by atoms with E-state index in [2.05, 4.69) is 29.2 Å². The summed E-state index contributed by atoms with van der Waals surface area (Å²) in [5.41, 5.74) is 0.985. The first-order valence-electron chi connectivity index (χ1n) is 6.69. The molecule has 1 aliphatic rings. The molecule has 2 rings (SSSR count). The highest BCUT2D eigenvalue weighted by Crippen LogP contribution is 2.09. The van der Waals surface area contributed by atoms with Crippen LogP contribution in [0.1, 0.15) is 25.3 Å². The Morgan fingerprint density at radius 1 is 1.39 bits per heavy atom. The van der Waals surface area contributed by atoms with E-state index >= 15 is 0 Å². The van der Waals surface area contributed by atoms with Crippen molar-refractivity contribution in [2.24, 2.45) is 5.92 Å². The summed E-state index contributed by atoms with van der Waals surface area (Å²) in [6.07, 6.45) is 0. The topological polar surface area (TPSA) is 50.5 Å². The first kappa shape index (κ1) is 13.5. The van der Waals surface area contributed by atoms with Gasteiger partial charge >= 0.3 is 0 Å². The summed E-state index contributed by atoms with van der Waals surface area (Å²) < 4.78 is 10.7. The number of nitrogens with one attached hydrogen (secondary N) is 1. The van der Waals surface area contributed by atoms with Crippen LogP contribution in [0.3, 0.4) is 0 Å². The molecule has 0 radical (unpaired) electrons. The van der Waals surface area contributed by atoms with Crippen LogP contribution in [0.15, 0.2) is 10.6 Å². The molecule has 0 amide bonds. The first-order valence-corrected chi connectivity index (χ1v) is 6.69. The smallest absolute Gasteiger partial charge is 0.151 e. The molecule has 18 heavy (non-hydrogen) atoms. The predicted octanol–water partition coefficient (Wildman–Crippen LogP) is 1.25. The van der Waals surface area contributed by atoms with Gasteiger partial charge in [0, 0.05) is 25.7 Å². The summed E-state index contributed by atoms with van der Waals surface area (Å²) in [4.78, 5) is 2.33. The molecule has 1 N–H and O–H groups in total. The quantitative estimate of drug-likeness (QED) is 0.827. The van der Waals surface area contributed by atoms with Crippen molar-refractivity contribution in [3.05, 3.63) is 17.5 Å². The molecule has 5 heteroatoms. The lowest BCUT2D eigenvalue weighted by Crippen LogP contribution is -2.35. The molecule has 0 unspecified atom stereocenters. The third-order valence-corrected chi connectivity index (χ3v) is 2.95. The van der Waals surface area contributed by atoms with Gasteiger partial charge in [0.15, 0.2) is 5.76 Å². The Kier molecular flexibility index (Phi) is 5.16. The van der Waals surface area contributed by atoms with Gasteiger partial charge in [-0.2, -0.15) is 0 Å². The molecule has 0 saturated carbocycles. The molecule has 1 aromatic rings. The molecule has 0 aromatic carbocycles. The van der Waals surface area contributed by atoms with Crippen molar-refractivity contribution in [1.82, 2.24) is 15.4 Å². The fourth-order valence-corrected chi connectivity index (χ4v) is 1.98. The lowest BCUT2D eigenvalue weighted by atomic mass is 10.2. The van der Waals surface area contributed by atoms with E-state index in [1.165, 1.54) is 0 Å². The van der Waals surface area contributed by atoms with Crippen molar-refractivity contribution < 1.29 is 9.26 Å². The minimum atomic E-state index is 0.657. The number of nitrogens with zero attached hydrogens (tertiary/aromatic N) is 2. The highest BCUT2D eigenvalue weighted by molar-refractivity contribution is 5.05. The summed E-state index contributed by atoms with van der Waals surface area (Å²) in [7, 11) is 0. The average Bonchev–Trinajstić information content (AvgIpc) is 2.78. The fourth-order valence-electron chi connectivity index (χ4n) is 1.98. The maximum atomic E-state index is 5.35. The van der Waals surface area contributed by atoms with Crippen LogP contribution in [0.5, 0.6) is 0 Å². The number of ether oxygens (including phenoxy) is 1. The molecule has 0 atom stereocenters. The molecule has 1 aromatic heterocycles.